The Bertz CT molecular complexity index is 346. The van der Waals surface area contributed by atoms with Crippen LogP contribution in [-0.2, 0) is 9.53 Å². The highest BCUT2D eigenvalue weighted by atomic mass is 16.5. The van der Waals surface area contributed by atoms with Crippen LogP contribution < -0.4 is 5.32 Å². The lowest BCUT2D eigenvalue weighted by molar-refractivity contribution is -0.148. The van der Waals surface area contributed by atoms with E-state index in [2.05, 4.69) is 36.0 Å². The molecule has 0 aromatic rings. The molecule has 1 saturated heterocycles. The van der Waals surface area contributed by atoms with Gasteiger partial charge in [-0.15, -0.1) is 0 Å². The third-order valence-electron chi connectivity index (χ3n) is 4.98. The van der Waals surface area contributed by atoms with Crippen molar-refractivity contribution < 1.29 is 9.53 Å². The SMILES string of the molecule is CNC(C)(CCCCN1CCN(C)C(C)(C)C1)C(=O)OC. The quantitative estimate of drug-likeness (QED) is 0.568. The Morgan fingerprint density at radius 3 is 2.52 bits per heavy atom. The smallest absolute Gasteiger partial charge is 0.325 e. The lowest BCUT2D eigenvalue weighted by Gasteiger charge is -2.45. The Balaban J connectivity index is 2.33. The van der Waals surface area contributed by atoms with Crippen molar-refractivity contribution in [1.29, 1.82) is 0 Å². The molecule has 1 aliphatic heterocycles. The van der Waals surface area contributed by atoms with Crippen molar-refractivity contribution in [3.8, 4) is 0 Å². The number of hydrogen-bond acceptors (Lipinski definition) is 5. The van der Waals surface area contributed by atoms with Crippen LogP contribution in [0.1, 0.15) is 40.0 Å². The molecule has 0 saturated carbocycles. The van der Waals surface area contributed by atoms with E-state index in [4.69, 9.17) is 4.74 Å². The molecule has 1 unspecified atom stereocenters. The molecule has 124 valence electrons. The zero-order chi connectivity index (χ0) is 16.1. The van der Waals surface area contributed by atoms with Crippen molar-refractivity contribution in [3.05, 3.63) is 0 Å². The minimum absolute atomic E-state index is 0.175. The van der Waals surface area contributed by atoms with Crippen LogP contribution in [0, 0.1) is 0 Å². The second kappa shape index (κ2) is 7.56. The molecule has 5 nitrogen and oxygen atoms in total. The van der Waals surface area contributed by atoms with Crippen molar-refractivity contribution in [1.82, 2.24) is 15.1 Å². The predicted molar refractivity (Wildman–Crippen MR) is 86.5 cm³/mol. The van der Waals surface area contributed by atoms with Gasteiger partial charge in [0.05, 0.1) is 7.11 Å². The number of unbranched alkanes of at least 4 members (excludes halogenated alkanes) is 1. The second-order valence-electron chi connectivity index (χ2n) is 7.04. The molecule has 1 fully saturated rings. The maximum Gasteiger partial charge on any atom is 0.325 e. The van der Waals surface area contributed by atoms with E-state index in [1.807, 2.05) is 14.0 Å². The number of ether oxygens (including phenoxy) is 1. The molecule has 0 aromatic carbocycles. The van der Waals surface area contributed by atoms with E-state index in [1.54, 1.807) is 0 Å². The summed E-state index contributed by atoms with van der Waals surface area (Å²) in [6.45, 7) is 11.0. The van der Waals surface area contributed by atoms with Crippen LogP contribution in [0.4, 0.5) is 0 Å². The summed E-state index contributed by atoms with van der Waals surface area (Å²) in [6.07, 6.45) is 2.96. The molecular formula is C16H33N3O2. The fourth-order valence-corrected chi connectivity index (χ4v) is 2.90. The number of nitrogens with one attached hydrogen (secondary N) is 1. The third kappa shape index (κ3) is 4.94. The highest BCUT2D eigenvalue weighted by Gasteiger charge is 2.33. The molecule has 21 heavy (non-hydrogen) atoms. The first kappa shape index (κ1) is 18.4. The summed E-state index contributed by atoms with van der Waals surface area (Å²) in [4.78, 5) is 16.7. The van der Waals surface area contributed by atoms with Gasteiger partial charge in [0.15, 0.2) is 0 Å². The first-order valence-corrected chi connectivity index (χ1v) is 7.96. The summed E-state index contributed by atoms with van der Waals surface area (Å²) in [5.41, 5.74) is -0.306. The van der Waals surface area contributed by atoms with Gasteiger partial charge in [0.2, 0.25) is 0 Å². The maximum absolute atomic E-state index is 11.8. The normalized spacial score (nSPS) is 22.8. The summed E-state index contributed by atoms with van der Waals surface area (Å²) in [6, 6.07) is 0. The number of carbonyl (C=O) groups is 1. The standard InChI is InChI=1S/C16H33N3O2/c1-15(2)13-19(12-11-18(15)5)10-8-7-9-16(3,17-4)14(20)21-6/h17H,7-13H2,1-6H3. The largest absolute Gasteiger partial charge is 0.468 e. The van der Waals surface area contributed by atoms with Gasteiger partial charge in [0.1, 0.15) is 5.54 Å². The van der Waals surface area contributed by atoms with Crippen LogP contribution in [0.15, 0.2) is 0 Å². The Hall–Kier alpha value is -0.650. The van der Waals surface area contributed by atoms with Crippen molar-refractivity contribution in [3.63, 3.8) is 0 Å². The van der Waals surface area contributed by atoms with Gasteiger partial charge in [-0.1, -0.05) is 0 Å². The topological polar surface area (TPSA) is 44.8 Å². The first-order valence-electron chi connectivity index (χ1n) is 7.96. The Labute approximate surface area is 130 Å². The van der Waals surface area contributed by atoms with Gasteiger partial charge in [-0.2, -0.15) is 0 Å². The minimum Gasteiger partial charge on any atom is -0.468 e. The van der Waals surface area contributed by atoms with Crippen molar-refractivity contribution in [2.45, 2.75) is 51.1 Å². The molecule has 1 aliphatic rings. The Morgan fingerprint density at radius 2 is 2.00 bits per heavy atom. The first-order chi connectivity index (χ1) is 9.75. The molecule has 1 heterocycles. The van der Waals surface area contributed by atoms with Crippen LogP contribution in [0.5, 0.6) is 0 Å². The zero-order valence-electron chi connectivity index (χ0n) is 14.7. The van der Waals surface area contributed by atoms with E-state index in [0.717, 1.165) is 45.4 Å². The number of likely N-dealkylation sites (N-methyl/N-ethyl adjacent to an activating group) is 2. The van der Waals surface area contributed by atoms with E-state index in [1.165, 1.54) is 7.11 Å². The molecule has 0 amide bonds. The fourth-order valence-electron chi connectivity index (χ4n) is 2.90. The van der Waals surface area contributed by atoms with E-state index in [-0.39, 0.29) is 11.5 Å². The molecule has 1 rings (SSSR count). The van der Waals surface area contributed by atoms with Gasteiger partial charge in [-0.3, -0.25) is 9.69 Å². The van der Waals surface area contributed by atoms with Crippen LogP contribution in [0.25, 0.3) is 0 Å². The van der Waals surface area contributed by atoms with E-state index < -0.39 is 5.54 Å². The van der Waals surface area contributed by atoms with Crippen LogP contribution in [0.3, 0.4) is 0 Å². The molecule has 0 radical (unpaired) electrons. The molecule has 0 bridgehead atoms. The number of methoxy groups -OCH3 is 1. The average Bonchev–Trinajstić information content (AvgIpc) is 2.45. The molecule has 1 atom stereocenters. The zero-order valence-corrected chi connectivity index (χ0v) is 14.7. The molecule has 1 N–H and O–H groups in total. The van der Waals surface area contributed by atoms with Gasteiger partial charge in [0.25, 0.3) is 0 Å². The van der Waals surface area contributed by atoms with Crippen molar-refractivity contribution in [2.24, 2.45) is 0 Å². The highest BCUT2D eigenvalue weighted by molar-refractivity contribution is 5.80. The number of piperazine rings is 1. The average molecular weight is 299 g/mol. The lowest BCUT2D eigenvalue weighted by atomic mass is 9.94. The number of carbonyl (C=O) groups excluding carboxylic acids is 1. The molecule has 0 spiro atoms. The predicted octanol–water partition coefficient (Wildman–Crippen LogP) is 1.33. The van der Waals surface area contributed by atoms with Crippen molar-refractivity contribution in [2.75, 3.05) is 47.4 Å². The van der Waals surface area contributed by atoms with Gasteiger partial charge < -0.3 is 15.0 Å². The number of nitrogens with zero attached hydrogens (tertiary/aromatic N) is 2. The van der Waals surface area contributed by atoms with Gasteiger partial charge in [0, 0.05) is 25.2 Å². The third-order valence-corrected chi connectivity index (χ3v) is 4.98. The Kier molecular flexibility index (Phi) is 6.63. The molecule has 0 aliphatic carbocycles. The van der Waals surface area contributed by atoms with Crippen LogP contribution in [0.2, 0.25) is 0 Å². The van der Waals surface area contributed by atoms with E-state index in [0.29, 0.717) is 0 Å². The molecule has 0 aromatic heterocycles. The monoisotopic (exact) mass is 299 g/mol. The number of hydrogen-bond donors (Lipinski definition) is 1. The fraction of sp³-hybridized carbons (Fsp3) is 0.938. The Morgan fingerprint density at radius 1 is 1.33 bits per heavy atom. The maximum atomic E-state index is 11.8. The number of rotatable bonds is 7. The van der Waals surface area contributed by atoms with E-state index >= 15 is 0 Å². The van der Waals surface area contributed by atoms with Gasteiger partial charge in [-0.25, -0.2) is 0 Å². The van der Waals surface area contributed by atoms with Crippen molar-refractivity contribution >= 4 is 5.97 Å². The second-order valence-corrected chi connectivity index (χ2v) is 7.04. The summed E-state index contributed by atoms with van der Waals surface area (Å²) in [7, 11) is 5.47. The summed E-state index contributed by atoms with van der Waals surface area (Å²) in [5, 5.41) is 3.09. The van der Waals surface area contributed by atoms with Gasteiger partial charge >= 0.3 is 5.97 Å². The van der Waals surface area contributed by atoms with Crippen LogP contribution in [-0.4, -0.2) is 74.2 Å². The summed E-state index contributed by atoms with van der Waals surface area (Å²) in [5.74, 6) is -0.175. The summed E-state index contributed by atoms with van der Waals surface area (Å²) < 4.78 is 4.87. The highest BCUT2D eigenvalue weighted by Crippen LogP contribution is 2.20. The lowest BCUT2D eigenvalue weighted by Crippen LogP contribution is -2.57. The number of esters is 1. The minimum atomic E-state index is -0.559. The van der Waals surface area contributed by atoms with E-state index in [9.17, 15) is 4.79 Å². The molecular weight excluding hydrogens is 266 g/mol. The van der Waals surface area contributed by atoms with Crippen LogP contribution >= 0.6 is 0 Å². The molecule has 5 heteroatoms. The summed E-state index contributed by atoms with van der Waals surface area (Å²) >= 11 is 0. The van der Waals surface area contributed by atoms with Gasteiger partial charge in [-0.05, 0) is 60.7 Å².